The largest absolute Gasteiger partial charge is 0.472 e. The average Bonchev–Trinajstić information content (AvgIpc) is 0.890. The Morgan fingerprint density at radius 3 is 0.613 bits per heavy atom. The van der Waals surface area contributed by atoms with Crippen LogP contribution in [0.25, 0.3) is 0 Å². The molecule has 5 atom stereocenters. The van der Waals surface area contributed by atoms with Gasteiger partial charge in [0.15, 0.2) is 12.2 Å². The fraction of sp³-hybridized carbons (Fsp3) is 0.957. The van der Waals surface area contributed by atoms with Crippen LogP contribution in [0, 0.1) is 5.92 Å². The van der Waals surface area contributed by atoms with E-state index in [2.05, 4.69) is 34.6 Å². The molecular weight excluding hydrogens is 1440 g/mol. The maximum atomic E-state index is 13.2. The van der Waals surface area contributed by atoms with Crippen molar-refractivity contribution in [3.8, 4) is 0 Å². The van der Waals surface area contributed by atoms with Crippen molar-refractivity contribution < 1.29 is 80.2 Å². The van der Waals surface area contributed by atoms with E-state index in [1.165, 1.54) is 321 Å². The number of hydrogen-bond donors (Lipinski definition) is 3. The molecule has 19 heteroatoms. The van der Waals surface area contributed by atoms with Gasteiger partial charge in [0, 0.05) is 25.7 Å². The van der Waals surface area contributed by atoms with Gasteiger partial charge in [-0.1, -0.05) is 452 Å². The van der Waals surface area contributed by atoms with Crippen LogP contribution >= 0.6 is 15.6 Å². The molecule has 3 N–H and O–H groups in total. The number of carbonyl (C=O) groups excluding carboxylic acids is 4. The SMILES string of the molecule is CCCCCCCCCCCCCCCCCCCCCCCCC(=O)OC[C@H](COP(=O)(O)OC[C@@H](O)COP(=O)(O)OC[C@@H](COC(=O)CCCCCCCCC(C)C)OC(=O)CCCCCCCCCCCCCCCCCCCC)OC(=O)CCCCCCCCCCCCCCCCCCCCCCCC. The molecule has 0 aliphatic heterocycles. The first-order valence-electron chi connectivity index (χ1n) is 47.6. The fourth-order valence-corrected chi connectivity index (χ4v) is 16.1. The quantitative estimate of drug-likeness (QED) is 0.0222. The van der Waals surface area contributed by atoms with E-state index in [1.807, 2.05) is 0 Å². The van der Waals surface area contributed by atoms with Gasteiger partial charge in [-0.3, -0.25) is 37.3 Å². The fourth-order valence-electron chi connectivity index (χ4n) is 14.5. The van der Waals surface area contributed by atoms with E-state index in [0.717, 1.165) is 96.3 Å². The zero-order chi connectivity index (χ0) is 81.1. The van der Waals surface area contributed by atoms with Crippen LogP contribution in [-0.4, -0.2) is 96.7 Å². The molecule has 0 aromatic rings. The molecule has 0 saturated heterocycles. The Morgan fingerprint density at radius 1 is 0.243 bits per heavy atom. The number of phosphoric acid groups is 2. The molecule has 0 aliphatic rings. The van der Waals surface area contributed by atoms with Crippen LogP contribution in [0.3, 0.4) is 0 Å². The van der Waals surface area contributed by atoms with Gasteiger partial charge in [-0.2, -0.15) is 0 Å². The Bertz CT molecular complexity index is 2100. The van der Waals surface area contributed by atoms with Gasteiger partial charge in [0.05, 0.1) is 26.4 Å². The van der Waals surface area contributed by atoms with Gasteiger partial charge in [0.1, 0.15) is 19.3 Å². The summed E-state index contributed by atoms with van der Waals surface area (Å²) in [6.07, 6.45) is 81.1. The minimum Gasteiger partial charge on any atom is -0.462 e. The van der Waals surface area contributed by atoms with E-state index in [-0.39, 0.29) is 25.7 Å². The summed E-state index contributed by atoms with van der Waals surface area (Å²) >= 11 is 0. The van der Waals surface area contributed by atoms with Gasteiger partial charge in [0.2, 0.25) is 0 Å². The lowest BCUT2D eigenvalue weighted by Gasteiger charge is -2.21. The molecular formula is C92H180O17P2. The molecule has 0 bridgehead atoms. The van der Waals surface area contributed by atoms with E-state index in [9.17, 15) is 43.2 Å². The lowest BCUT2D eigenvalue weighted by Crippen LogP contribution is -2.30. The second kappa shape index (κ2) is 84.5. The van der Waals surface area contributed by atoms with Crippen molar-refractivity contribution in [1.29, 1.82) is 0 Å². The van der Waals surface area contributed by atoms with E-state index in [0.29, 0.717) is 31.6 Å². The minimum atomic E-state index is -4.97. The van der Waals surface area contributed by atoms with Crippen molar-refractivity contribution in [2.45, 2.75) is 522 Å². The maximum absolute atomic E-state index is 13.2. The molecule has 0 aromatic carbocycles. The smallest absolute Gasteiger partial charge is 0.462 e. The van der Waals surface area contributed by atoms with Crippen LogP contribution in [-0.2, 0) is 65.4 Å². The molecule has 0 fully saturated rings. The molecule has 2 unspecified atom stereocenters. The molecule has 17 nitrogen and oxygen atoms in total. The van der Waals surface area contributed by atoms with Crippen molar-refractivity contribution >= 4 is 39.5 Å². The maximum Gasteiger partial charge on any atom is 0.472 e. The number of rotatable bonds is 92. The Hall–Kier alpha value is -1.94. The van der Waals surface area contributed by atoms with Crippen molar-refractivity contribution in [1.82, 2.24) is 0 Å². The number of aliphatic hydroxyl groups excluding tert-OH is 1. The number of phosphoric ester groups is 2. The van der Waals surface area contributed by atoms with Crippen molar-refractivity contribution in [2.75, 3.05) is 39.6 Å². The minimum absolute atomic E-state index is 0.108. The summed E-state index contributed by atoms with van der Waals surface area (Å²) in [5, 5.41) is 10.7. The highest BCUT2D eigenvalue weighted by Gasteiger charge is 2.31. The zero-order valence-corrected chi connectivity index (χ0v) is 74.9. The molecule has 0 aromatic heterocycles. The third-order valence-electron chi connectivity index (χ3n) is 21.8. The van der Waals surface area contributed by atoms with E-state index in [1.54, 1.807) is 0 Å². The van der Waals surface area contributed by atoms with Crippen LogP contribution in [0.15, 0.2) is 0 Å². The second-order valence-electron chi connectivity index (χ2n) is 33.5. The van der Waals surface area contributed by atoms with Gasteiger partial charge in [-0.05, 0) is 31.6 Å². The number of aliphatic hydroxyl groups is 1. The standard InChI is InChI=1S/C92H180O17P2/c1-6-9-12-15-18-21-24-27-30-33-36-38-40-42-45-47-50-53-56-59-65-70-75-89(94)102-81-87(108-91(96)77-72-68-61-58-55-52-49-46-43-41-39-37-34-31-28-25-22-19-16-13-10-7-2)83-106-110(98,99)104-79-86(93)80-105-111(100,101)107-84-88(82-103-90(95)76-71-66-63-62-64-69-74-85(4)5)109-92(97)78-73-67-60-57-54-51-48-44-35-32-29-26-23-20-17-14-11-8-3/h85-88,93H,6-84H2,1-5H3,(H,98,99)(H,100,101)/t86-,87-,88-/m1/s1. The molecule has 0 spiro atoms. The number of esters is 4. The predicted molar refractivity (Wildman–Crippen MR) is 460 cm³/mol. The lowest BCUT2D eigenvalue weighted by molar-refractivity contribution is -0.161. The predicted octanol–water partition coefficient (Wildman–Crippen LogP) is 28.7. The molecule has 0 rings (SSSR count). The van der Waals surface area contributed by atoms with E-state index < -0.39 is 97.5 Å². The summed E-state index contributed by atoms with van der Waals surface area (Å²) in [4.78, 5) is 73.4. The molecule has 0 saturated carbocycles. The summed E-state index contributed by atoms with van der Waals surface area (Å²) in [5.41, 5.74) is 0. The normalized spacial score (nSPS) is 13.7. The first kappa shape index (κ1) is 109. The van der Waals surface area contributed by atoms with Crippen molar-refractivity contribution in [3.63, 3.8) is 0 Å². The zero-order valence-electron chi connectivity index (χ0n) is 73.1. The highest BCUT2D eigenvalue weighted by atomic mass is 31.2. The third kappa shape index (κ3) is 85.8. The Morgan fingerprint density at radius 2 is 0.414 bits per heavy atom. The average molecular weight is 1620 g/mol. The molecule has 111 heavy (non-hydrogen) atoms. The molecule has 0 amide bonds. The van der Waals surface area contributed by atoms with Gasteiger partial charge in [-0.25, -0.2) is 9.13 Å². The number of unbranched alkanes of at least 4 members (excludes halogenated alkanes) is 64. The van der Waals surface area contributed by atoms with Gasteiger partial charge >= 0.3 is 39.5 Å². The summed E-state index contributed by atoms with van der Waals surface area (Å²) in [6.45, 7) is 7.31. The van der Waals surface area contributed by atoms with Gasteiger partial charge in [0.25, 0.3) is 0 Å². The van der Waals surface area contributed by atoms with Crippen LogP contribution in [0.4, 0.5) is 0 Å². The summed E-state index contributed by atoms with van der Waals surface area (Å²) in [7, 11) is -9.93. The van der Waals surface area contributed by atoms with E-state index in [4.69, 9.17) is 37.0 Å². The first-order chi connectivity index (χ1) is 54.0. The number of hydrogen-bond acceptors (Lipinski definition) is 15. The molecule has 660 valence electrons. The summed E-state index contributed by atoms with van der Waals surface area (Å²) < 4.78 is 69.0. The molecule has 0 aliphatic carbocycles. The topological polar surface area (TPSA) is 237 Å². The third-order valence-corrected chi connectivity index (χ3v) is 23.7. The van der Waals surface area contributed by atoms with Crippen molar-refractivity contribution in [3.05, 3.63) is 0 Å². The summed E-state index contributed by atoms with van der Waals surface area (Å²) in [5.74, 6) is -1.42. The van der Waals surface area contributed by atoms with Crippen molar-refractivity contribution in [2.24, 2.45) is 5.92 Å². The van der Waals surface area contributed by atoms with Crippen LogP contribution in [0.2, 0.25) is 0 Å². The Balaban J connectivity index is 5.18. The van der Waals surface area contributed by atoms with Gasteiger partial charge in [-0.15, -0.1) is 0 Å². The van der Waals surface area contributed by atoms with Crippen LogP contribution in [0.5, 0.6) is 0 Å². The Kier molecular flexibility index (Phi) is 83.0. The second-order valence-corrected chi connectivity index (χ2v) is 36.4. The van der Waals surface area contributed by atoms with Gasteiger partial charge < -0.3 is 33.8 Å². The number of carbonyl (C=O) groups is 4. The summed E-state index contributed by atoms with van der Waals surface area (Å²) in [6, 6.07) is 0. The highest BCUT2D eigenvalue weighted by Crippen LogP contribution is 2.45. The number of ether oxygens (including phenoxy) is 4. The Labute approximate surface area is 683 Å². The highest BCUT2D eigenvalue weighted by molar-refractivity contribution is 7.47. The monoisotopic (exact) mass is 1620 g/mol. The first-order valence-corrected chi connectivity index (χ1v) is 50.6. The molecule has 0 radical (unpaired) electrons. The van der Waals surface area contributed by atoms with E-state index >= 15 is 0 Å². The molecule has 0 heterocycles. The van der Waals surface area contributed by atoms with Crippen LogP contribution in [0.1, 0.15) is 503 Å². The van der Waals surface area contributed by atoms with Crippen LogP contribution < -0.4 is 0 Å². The lowest BCUT2D eigenvalue weighted by atomic mass is 10.0.